The Morgan fingerprint density at radius 2 is 1.86 bits per heavy atom. The molecule has 3 rings (SSSR count). The maximum Gasteiger partial charge on any atom is 0.247 e. The first kappa shape index (κ1) is 13.5. The van der Waals surface area contributed by atoms with Gasteiger partial charge in [0.1, 0.15) is 6.04 Å². The summed E-state index contributed by atoms with van der Waals surface area (Å²) in [5.74, 6) is 0.000463. The fourth-order valence-corrected chi connectivity index (χ4v) is 2.65. The fourth-order valence-electron chi connectivity index (χ4n) is 2.65. The molecule has 1 aliphatic rings. The third-order valence-electron chi connectivity index (χ3n) is 3.73. The molecule has 0 bridgehead atoms. The van der Waals surface area contributed by atoms with Crippen LogP contribution in [0.1, 0.15) is 5.56 Å². The molecule has 1 amide bonds. The second kappa shape index (κ2) is 5.48. The Kier molecular flexibility index (Phi) is 3.52. The van der Waals surface area contributed by atoms with E-state index in [4.69, 9.17) is 0 Å². The number of hydrogen-bond acceptors (Lipinski definition) is 3. The third kappa shape index (κ3) is 2.70. The molecule has 108 valence electrons. The molecule has 0 aliphatic carbocycles. The molecule has 1 atom stereocenters. The second-order valence-corrected chi connectivity index (χ2v) is 5.46. The van der Waals surface area contributed by atoms with Crippen molar-refractivity contribution in [2.45, 2.75) is 12.5 Å². The van der Waals surface area contributed by atoms with E-state index in [1.807, 2.05) is 61.5 Å². The highest BCUT2D eigenvalue weighted by Crippen LogP contribution is 2.27. The lowest BCUT2D eigenvalue weighted by molar-refractivity contribution is -0.116. The highest BCUT2D eigenvalue weighted by molar-refractivity contribution is 6.00. The molecule has 0 spiro atoms. The number of nitrogens with one attached hydrogen (secondary N) is 2. The summed E-state index contributed by atoms with van der Waals surface area (Å²) in [6.07, 6.45) is 0.728. The van der Waals surface area contributed by atoms with Gasteiger partial charge < -0.3 is 15.5 Å². The van der Waals surface area contributed by atoms with Crippen molar-refractivity contribution >= 4 is 23.0 Å². The van der Waals surface area contributed by atoms with Crippen LogP contribution in [0.25, 0.3) is 0 Å². The van der Waals surface area contributed by atoms with E-state index in [1.54, 1.807) is 0 Å². The second-order valence-electron chi connectivity index (χ2n) is 5.46. The number of anilines is 3. The van der Waals surface area contributed by atoms with Gasteiger partial charge >= 0.3 is 0 Å². The Labute approximate surface area is 124 Å². The number of carbonyl (C=O) groups is 1. The summed E-state index contributed by atoms with van der Waals surface area (Å²) < 4.78 is 0. The van der Waals surface area contributed by atoms with Gasteiger partial charge in [0.05, 0.1) is 11.4 Å². The van der Waals surface area contributed by atoms with Gasteiger partial charge in [-0.05, 0) is 23.8 Å². The Morgan fingerprint density at radius 1 is 1.14 bits per heavy atom. The number of carbonyl (C=O) groups excluding carboxylic acids is 1. The first-order chi connectivity index (χ1) is 10.1. The number of para-hydroxylation sites is 3. The molecule has 21 heavy (non-hydrogen) atoms. The number of amides is 1. The molecule has 4 nitrogen and oxygen atoms in total. The molecule has 1 heterocycles. The number of rotatable bonds is 3. The first-order valence-electron chi connectivity index (χ1n) is 7.07. The Balaban J connectivity index is 1.74. The van der Waals surface area contributed by atoms with Gasteiger partial charge in [0.2, 0.25) is 5.91 Å². The quantitative estimate of drug-likeness (QED) is 0.909. The standard InChI is InChI=1S/C17H19N3O/c1-20(2)16-10-6-5-9-14(16)19-17(21)15-11-12-7-3-4-8-13(12)18-15/h3-10,15,18H,11H2,1-2H3,(H,19,21). The SMILES string of the molecule is CN(C)c1ccccc1NC(=O)C1Cc2ccccc2N1. The molecular formula is C17H19N3O. The average Bonchev–Trinajstić information content (AvgIpc) is 2.91. The van der Waals surface area contributed by atoms with Crippen LogP contribution in [0.3, 0.4) is 0 Å². The van der Waals surface area contributed by atoms with Crippen molar-refractivity contribution in [2.75, 3.05) is 29.6 Å². The van der Waals surface area contributed by atoms with E-state index in [-0.39, 0.29) is 11.9 Å². The zero-order chi connectivity index (χ0) is 14.8. The molecular weight excluding hydrogens is 262 g/mol. The van der Waals surface area contributed by atoms with Crippen molar-refractivity contribution in [2.24, 2.45) is 0 Å². The van der Waals surface area contributed by atoms with Crippen LogP contribution in [0.4, 0.5) is 17.1 Å². The number of benzene rings is 2. The lowest BCUT2D eigenvalue weighted by Crippen LogP contribution is -2.33. The lowest BCUT2D eigenvalue weighted by Gasteiger charge is -2.19. The van der Waals surface area contributed by atoms with Crippen molar-refractivity contribution in [3.8, 4) is 0 Å². The Morgan fingerprint density at radius 3 is 2.62 bits per heavy atom. The largest absolute Gasteiger partial charge is 0.376 e. The minimum Gasteiger partial charge on any atom is -0.376 e. The molecule has 1 unspecified atom stereocenters. The van der Waals surface area contributed by atoms with Gasteiger partial charge in [0.25, 0.3) is 0 Å². The summed E-state index contributed by atoms with van der Waals surface area (Å²) in [6, 6.07) is 15.7. The molecule has 2 aromatic rings. The average molecular weight is 281 g/mol. The van der Waals surface area contributed by atoms with Crippen LogP contribution < -0.4 is 15.5 Å². The van der Waals surface area contributed by atoms with Gasteiger partial charge in [-0.1, -0.05) is 30.3 Å². The Hall–Kier alpha value is -2.49. The number of fused-ring (bicyclic) bond motifs is 1. The molecule has 2 aromatic carbocycles. The summed E-state index contributed by atoms with van der Waals surface area (Å²) in [5.41, 5.74) is 4.09. The predicted octanol–water partition coefficient (Wildman–Crippen LogP) is 2.73. The Bertz CT molecular complexity index is 642. The van der Waals surface area contributed by atoms with Crippen LogP contribution in [-0.2, 0) is 11.2 Å². The van der Waals surface area contributed by atoms with Gasteiger partial charge in [-0.3, -0.25) is 4.79 Å². The summed E-state index contributed by atoms with van der Waals surface area (Å²) in [5, 5.41) is 6.30. The molecule has 4 heteroatoms. The van der Waals surface area contributed by atoms with Crippen molar-refractivity contribution in [1.82, 2.24) is 0 Å². The lowest BCUT2D eigenvalue weighted by atomic mass is 10.1. The molecule has 0 saturated carbocycles. The van der Waals surface area contributed by atoms with E-state index < -0.39 is 0 Å². The smallest absolute Gasteiger partial charge is 0.247 e. The van der Waals surface area contributed by atoms with Gasteiger partial charge in [0.15, 0.2) is 0 Å². The van der Waals surface area contributed by atoms with Crippen LogP contribution in [0.5, 0.6) is 0 Å². The molecule has 0 saturated heterocycles. The van der Waals surface area contributed by atoms with E-state index in [1.165, 1.54) is 5.56 Å². The van der Waals surface area contributed by atoms with Crippen molar-refractivity contribution in [3.05, 3.63) is 54.1 Å². The van der Waals surface area contributed by atoms with Crippen LogP contribution in [-0.4, -0.2) is 26.0 Å². The highest BCUT2D eigenvalue weighted by atomic mass is 16.2. The molecule has 1 aliphatic heterocycles. The summed E-state index contributed by atoms with van der Waals surface area (Å²) in [7, 11) is 3.93. The summed E-state index contributed by atoms with van der Waals surface area (Å²) in [4.78, 5) is 14.5. The van der Waals surface area contributed by atoms with Crippen LogP contribution in [0, 0.1) is 0 Å². The van der Waals surface area contributed by atoms with Gasteiger partial charge in [-0.15, -0.1) is 0 Å². The van der Waals surface area contributed by atoms with Gasteiger partial charge in [0, 0.05) is 26.2 Å². The maximum absolute atomic E-state index is 12.5. The third-order valence-corrected chi connectivity index (χ3v) is 3.73. The molecule has 0 radical (unpaired) electrons. The fraction of sp³-hybridized carbons (Fsp3) is 0.235. The van der Waals surface area contributed by atoms with Crippen LogP contribution in [0.15, 0.2) is 48.5 Å². The van der Waals surface area contributed by atoms with Gasteiger partial charge in [-0.2, -0.15) is 0 Å². The highest BCUT2D eigenvalue weighted by Gasteiger charge is 2.26. The van der Waals surface area contributed by atoms with E-state index >= 15 is 0 Å². The van der Waals surface area contributed by atoms with E-state index in [2.05, 4.69) is 16.7 Å². The molecule has 0 fully saturated rings. The normalized spacial score (nSPS) is 16.0. The predicted molar refractivity (Wildman–Crippen MR) is 87.0 cm³/mol. The zero-order valence-corrected chi connectivity index (χ0v) is 12.3. The monoisotopic (exact) mass is 281 g/mol. The van der Waals surface area contributed by atoms with Crippen molar-refractivity contribution in [3.63, 3.8) is 0 Å². The summed E-state index contributed by atoms with van der Waals surface area (Å²) >= 11 is 0. The molecule has 0 aromatic heterocycles. The first-order valence-corrected chi connectivity index (χ1v) is 7.07. The molecule has 2 N–H and O–H groups in total. The minimum atomic E-state index is -0.211. The van der Waals surface area contributed by atoms with E-state index in [0.717, 1.165) is 23.5 Å². The van der Waals surface area contributed by atoms with E-state index in [9.17, 15) is 4.79 Å². The van der Waals surface area contributed by atoms with Crippen molar-refractivity contribution in [1.29, 1.82) is 0 Å². The number of hydrogen-bond donors (Lipinski definition) is 2. The summed E-state index contributed by atoms with van der Waals surface area (Å²) in [6.45, 7) is 0. The maximum atomic E-state index is 12.5. The van der Waals surface area contributed by atoms with Crippen LogP contribution in [0.2, 0.25) is 0 Å². The van der Waals surface area contributed by atoms with E-state index in [0.29, 0.717) is 0 Å². The van der Waals surface area contributed by atoms with Gasteiger partial charge in [-0.25, -0.2) is 0 Å². The zero-order valence-electron chi connectivity index (χ0n) is 12.3. The van der Waals surface area contributed by atoms with Crippen LogP contribution >= 0.6 is 0 Å². The topological polar surface area (TPSA) is 44.4 Å². The number of nitrogens with zero attached hydrogens (tertiary/aromatic N) is 1. The van der Waals surface area contributed by atoms with Crippen molar-refractivity contribution < 1.29 is 4.79 Å². The minimum absolute atomic E-state index is 0.000463.